The van der Waals surface area contributed by atoms with Gasteiger partial charge in [-0.05, 0) is 18.2 Å². The first-order valence-corrected chi connectivity index (χ1v) is 6.94. The number of hydrogen-bond acceptors (Lipinski definition) is 3. The van der Waals surface area contributed by atoms with Crippen LogP contribution in [0.1, 0.15) is 36.8 Å². The first kappa shape index (κ1) is 15.9. The van der Waals surface area contributed by atoms with E-state index in [0.717, 1.165) is 5.39 Å². The van der Waals surface area contributed by atoms with Gasteiger partial charge in [0.2, 0.25) is 5.91 Å². The van der Waals surface area contributed by atoms with Crippen LogP contribution in [0.3, 0.4) is 0 Å². The molecule has 0 bridgehead atoms. The minimum atomic E-state index is -1.06. The smallest absolute Gasteiger partial charge is 0.352 e. The molecule has 1 aromatic carbocycles. The maximum absolute atomic E-state index is 12.0. The topological polar surface area (TPSA) is 91.4 Å². The molecule has 1 heterocycles. The van der Waals surface area contributed by atoms with E-state index in [4.69, 9.17) is 4.74 Å². The Bertz CT molecular complexity index is 726. The molecule has 0 aliphatic rings. The molecule has 118 valence electrons. The molecule has 2 rings (SSSR count). The molecule has 0 spiro atoms. The predicted octanol–water partition coefficient (Wildman–Crippen LogP) is 2.54. The van der Waals surface area contributed by atoms with Crippen LogP contribution in [0.5, 0.6) is 5.75 Å². The number of carbonyl (C=O) groups is 2. The number of rotatable bonds is 4. The van der Waals surface area contributed by atoms with Gasteiger partial charge in [-0.15, -0.1) is 0 Å². The van der Waals surface area contributed by atoms with Gasteiger partial charge >= 0.3 is 5.97 Å². The summed E-state index contributed by atoms with van der Waals surface area (Å²) in [7, 11) is 1.55. The number of hydrogen-bond donors (Lipinski definition) is 3. The number of aromatic nitrogens is 1. The fourth-order valence-electron chi connectivity index (χ4n) is 2.15. The molecule has 1 amide bonds. The Morgan fingerprint density at radius 2 is 2.00 bits per heavy atom. The summed E-state index contributed by atoms with van der Waals surface area (Å²) in [5.74, 6) is -0.567. The summed E-state index contributed by atoms with van der Waals surface area (Å²) in [4.78, 5) is 26.3. The number of fused-ring (bicyclic) bond motifs is 1. The quantitative estimate of drug-likeness (QED) is 0.809. The van der Waals surface area contributed by atoms with E-state index in [0.29, 0.717) is 16.8 Å². The van der Waals surface area contributed by atoms with Gasteiger partial charge in [0, 0.05) is 28.4 Å². The molecule has 0 saturated carbocycles. The monoisotopic (exact) mass is 304 g/mol. The third-order valence-electron chi connectivity index (χ3n) is 3.43. The number of carboxylic acid groups (broad SMARTS) is 1. The highest BCUT2D eigenvalue weighted by Gasteiger charge is 2.23. The lowest BCUT2D eigenvalue weighted by Crippen LogP contribution is -2.34. The normalized spacial score (nSPS) is 11.5. The lowest BCUT2D eigenvalue weighted by molar-refractivity contribution is -0.128. The molecule has 6 heteroatoms. The second kappa shape index (κ2) is 5.71. The Balaban J connectivity index is 2.43. The predicted molar refractivity (Wildman–Crippen MR) is 83.1 cm³/mol. The summed E-state index contributed by atoms with van der Waals surface area (Å²) < 4.78 is 5.18. The Labute approximate surface area is 128 Å². The molecule has 0 unspecified atom stereocenters. The SMILES string of the molecule is COc1ccc2[nH]c(C(=O)O)c(CNC(=O)C(C)(C)C)c2c1. The van der Waals surface area contributed by atoms with Crippen molar-refractivity contribution >= 4 is 22.8 Å². The number of methoxy groups -OCH3 is 1. The Kier molecular flexibility index (Phi) is 4.12. The minimum Gasteiger partial charge on any atom is -0.497 e. The van der Waals surface area contributed by atoms with Gasteiger partial charge in [0.15, 0.2) is 0 Å². The van der Waals surface area contributed by atoms with Gasteiger partial charge in [0.1, 0.15) is 11.4 Å². The van der Waals surface area contributed by atoms with Crippen molar-refractivity contribution in [3.8, 4) is 5.75 Å². The van der Waals surface area contributed by atoms with Crippen LogP contribution in [-0.2, 0) is 11.3 Å². The van der Waals surface area contributed by atoms with E-state index < -0.39 is 11.4 Å². The first-order chi connectivity index (χ1) is 10.2. The Hall–Kier alpha value is -2.50. The van der Waals surface area contributed by atoms with Crippen molar-refractivity contribution in [1.29, 1.82) is 0 Å². The van der Waals surface area contributed by atoms with Crippen LogP contribution in [0.4, 0.5) is 0 Å². The summed E-state index contributed by atoms with van der Waals surface area (Å²) >= 11 is 0. The molecule has 3 N–H and O–H groups in total. The molecular formula is C16H20N2O4. The lowest BCUT2D eigenvalue weighted by Gasteiger charge is -2.17. The third kappa shape index (κ3) is 3.05. The molecule has 0 atom stereocenters. The van der Waals surface area contributed by atoms with Gasteiger partial charge in [0.25, 0.3) is 0 Å². The molecule has 0 radical (unpaired) electrons. The number of benzene rings is 1. The molecule has 6 nitrogen and oxygen atoms in total. The standard InChI is InChI=1S/C16H20N2O4/c1-16(2,3)15(21)17-8-11-10-7-9(22-4)5-6-12(10)18-13(11)14(19)20/h5-7,18H,8H2,1-4H3,(H,17,21)(H,19,20). The number of carbonyl (C=O) groups excluding carboxylic acids is 1. The fraction of sp³-hybridized carbons (Fsp3) is 0.375. The first-order valence-electron chi connectivity index (χ1n) is 6.94. The Morgan fingerprint density at radius 1 is 1.32 bits per heavy atom. The van der Waals surface area contributed by atoms with Gasteiger partial charge in [-0.3, -0.25) is 4.79 Å². The summed E-state index contributed by atoms with van der Waals surface area (Å²) in [6.07, 6.45) is 0. The number of aromatic amines is 1. The van der Waals surface area contributed by atoms with E-state index in [2.05, 4.69) is 10.3 Å². The molecule has 0 aliphatic carbocycles. The maximum atomic E-state index is 12.0. The van der Waals surface area contributed by atoms with Crippen LogP contribution in [0.2, 0.25) is 0 Å². The van der Waals surface area contributed by atoms with Crippen molar-refractivity contribution in [2.24, 2.45) is 5.41 Å². The maximum Gasteiger partial charge on any atom is 0.352 e. The van der Waals surface area contributed by atoms with Gasteiger partial charge in [-0.1, -0.05) is 20.8 Å². The van der Waals surface area contributed by atoms with Crippen molar-refractivity contribution in [2.45, 2.75) is 27.3 Å². The van der Waals surface area contributed by atoms with Crippen LogP contribution in [0.15, 0.2) is 18.2 Å². The second-order valence-corrected chi connectivity index (χ2v) is 6.13. The van der Waals surface area contributed by atoms with Crippen LogP contribution in [0, 0.1) is 5.41 Å². The summed E-state index contributed by atoms with van der Waals surface area (Å²) in [5, 5.41) is 12.9. The van der Waals surface area contributed by atoms with Crippen molar-refractivity contribution in [1.82, 2.24) is 10.3 Å². The number of ether oxygens (including phenoxy) is 1. The summed E-state index contributed by atoms with van der Waals surface area (Å²) in [6.45, 7) is 5.56. The number of nitrogens with one attached hydrogen (secondary N) is 2. The molecule has 0 aliphatic heterocycles. The average Bonchev–Trinajstić information content (AvgIpc) is 2.81. The molecule has 22 heavy (non-hydrogen) atoms. The van der Waals surface area contributed by atoms with E-state index in [1.54, 1.807) is 46.1 Å². The van der Waals surface area contributed by atoms with Crippen LogP contribution >= 0.6 is 0 Å². The molecule has 0 fully saturated rings. The summed E-state index contributed by atoms with van der Waals surface area (Å²) in [5.41, 5.74) is 0.780. The molecular weight excluding hydrogens is 284 g/mol. The van der Waals surface area contributed by atoms with E-state index in [-0.39, 0.29) is 18.1 Å². The van der Waals surface area contributed by atoms with E-state index >= 15 is 0 Å². The summed E-state index contributed by atoms with van der Waals surface area (Å²) in [6, 6.07) is 5.27. The zero-order valence-corrected chi connectivity index (χ0v) is 13.1. The van der Waals surface area contributed by atoms with Crippen LogP contribution < -0.4 is 10.1 Å². The Morgan fingerprint density at radius 3 is 2.55 bits per heavy atom. The zero-order valence-electron chi connectivity index (χ0n) is 13.1. The number of amides is 1. The third-order valence-corrected chi connectivity index (χ3v) is 3.43. The van der Waals surface area contributed by atoms with Crippen molar-refractivity contribution < 1.29 is 19.4 Å². The minimum absolute atomic E-state index is 0.0810. The van der Waals surface area contributed by atoms with E-state index in [1.807, 2.05) is 0 Å². The van der Waals surface area contributed by atoms with Crippen molar-refractivity contribution in [2.75, 3.05) is 7.11 Å². The molecule has 2 aromatic rings. The molecule has 1 aromatic heterocycles. The number of H-pyrrole nitrogens is 1. The van der Waals surface area contributed by atoms with Gasteiger partial charge in [0.05, 0.1) is 7.11 Å². The van der Waals surface area contributed by atoms with Gasteiger partial charge < -0.3 is 20.1 Å². The lowest BCUT2D eigenvalue weighted by atomic mass is 9.95. The fourth-order valence-corrected chi connectivity index (χ4v) is 2.15. The van der Waals surface area contributed by atoms with E-state index in [1.165, 1.54) is 0 Å². The van der Waals surface area contributed by atoms with Crippen molar-refractivity contribution in [3.05, 3.63) is 29.5 Å². The van der Waals surface area contributed by atoms with Gasteiger partial charge in [-0.25, -0.2) is 4.79 Å². The largest absolute Gasteiger partial charge is 0.497 e. The highest BCUT2D eigenvalue weighted by atomic mass is 16.5. The van der Waals surface area contributed by atoms with Crippen molar-refractivity contribution in [3.63, 3.8) is 0 Å². The molecule has 0 saturated heterocycles. The van der Waals surface area contributed by atoms with Crippen LogP contribution in [0.25, 0.3) is 10.9 Å². The zero-order chi connectivity index (χ0) is 16.5. The van der Waals surface area contributed by atoms with E-state index in [9.17, 15) is 14.7 Å². The van der Waals surface area contributed by atoms with Crippen LogP contribution in [-0.4, -0.2) is 29.1 Å². The number of carboxylic acids is 1. The number of aromatic carboxylic acids is 1. The second-order valence-electron chi connectivity index (χ2n) is 6.13. The highest BCUT2D eigenvalue weighted by Crippen LogP contribution is 2.27. The average molecular weight is 304 g/mol. The highest BCUT2D eigenvalue weighted by molar-refractivity contribution is 5.98. The van der Waals surface area contributed by atoms with Gasteiger partial charge in [-0.2, -0.15) is 0 Å².